The molecule has 0 fully saturated rings. The number of phosphoric acid groups is 1. The Balaban J connectivity index is 0. The number of esters is 2. The van der Waals surface area contributed by atoms with Gasteiger partial charge in [0.1, 0.15) is 12.7 Å². The summed E-state index contributed by atoms with van der Waals surface area (Å²) in [5.74, 6) is -0.976. The maximum atomic E-state index is 12.6. The Morgan fingerprint density at radius 2 is 0.944 bits per heavy atom. The van der Waals surface area contributed by atoms with E-state index in [1.807, 2.05) is 0 Å². The monoisotopic (exact) mass is 797 g/mol. The van der Waals surface area contributed by atoms with Crippen LogP contribution in [0.2, 0.25) is 0 Å². The Labute approximate surface area is 351 Å². The van der Waals surface area contributed by atoms with Gasteiger partial charge in [0.05, 0.1) is 19.8 Å². The van der Waals surface area contributed by atoms with Crippen LogP contribution in [0.4, 0.5) is 0 Å². The van der Waals surface area contributed by atoms with Gasteiger partial charge in [0.25, 0.3) is 7.82 Å². The minimum absolute atomic E-state index is 0. The molecule has 0 aliphatic rings. The van der Waals surface area contributed by atoms with E-state index in [2.05, 4.69) is 42.7 Å². The molecule has 12 heteroatoms. The number of phosphoric ester groups is 1. The zero-order chi connectivity index (χ0) is 39.1. The number of rotatable bonds is 40. The van der Waals surface area contributed by atoms with Gasteiger partial charge in [-0.25, -0.2) is 0 Å². The number of aliphatic hydroxyl groups excluding tert-OH is 2. The van der Waals surface area contributed by atoms with Crippen LogP contribution in [-0.2, 0) is 32.7 Å². The predicted octanol–water partition coefficient (Wildman–Crippen LogP) is 9.99. The van der Waals surface area contributed by atoms with Gasteiger partial charge in [0.15, 0.2) is 6.10 Å². The van der Waals surface area contributed by atoms with Crippen molar-refractivity contribution in [2.75, 3.05) is 26.4 Å². The van der Waals surface area contributed by atoms with Gasteiger partial charge in [0.2, 0.25) is 0 Å². The molecule has 1 radical (unpaired) electrons. The average molecular weight is 797 g/mol. The molecule has 3 unspecified atom stereocenters. The number of aliphatic hydroxyl groups is 2. The maximum Gasteiger partial charge on any atom is 0.306 e. The molecular weight excluding hydrogens is 718 g/mol. The summed E-state index contributed by atoms with van der Waals surface area (Å²) in [5.41, 5.74) is 0. The number of ether oxygens (including phenoxy) is 2. The first-order valence-corrected chi connectivity index (χ1v) is 22.7. The first-order valence-electron chi connectivity index (χ1n) is 21.3. The molecule has 0 amide bonds. The van der Waals surface area contributed by atoms with Gasteiger partial charge in [-0.3, -0.25) is 14.2 Å². The van der Waals surface area contributed by atoms with E-state index in [-0.39, 0.29) is 49.0 Å². The third kappa shape index (κ3) is 41.1. The van der Waals surface area contributed by atoms with E-state index < -0.39 is 51.8 Å². The van der Waals surface area contributed by atoms with Crippen LogP contribution < -0.4 is 4.89 Å². The molecule has 10 nitrogen and oxygen atoms in total. The zero-order valence-corrected chi connectivity index (χ0v) is 37.6. The molecule has 0 aliphatic carbocycles. The van der Waals surface area contributed by atoms with Crippen molar-refractivity contribution >= 4 is 49.3 Å². The third-order valence-corrected chi connectivity index (χ3v) is 10.00. The Hall–Kier alpha value is -0.550. The molecule has 2 N–H and O–H groups in total. The number of unbranched alkanes of at least 4 members (excludes halogenated alkanes) is 22. The van der Waals surface area contributed by atoms with E-state index in [9.17, 15) is 24.2 Å². The summed E-state index contributed by atoms with van der Waals surface area (Å²) < 4.78 is 32.3. The van der Waals surface area contributed by atoms with Crippen molar-refractivity contribution in [2.24, 2.45) is 0 Å². The number of allylic oxidation sites excluding steroid dienone is 4. The Morgan fingerprint density at radius 1 is 0.574 bits per heavy atom. The number of hydrogen-bond donors (Lipinski definition) is 2. The summed E-state index contributed by atoms with van der Waals surface area (Å²) in [6.07, 6.45) is 36.9. The van der Waals surface area contributed by atoms with Crippen molar-refractivity contribution in [3.05, 3.63) is 24.3 Å². The minimum Gasteiger partial charge on any atom is -0.756 e. The SMILES string of the molecule is CCCCCCCCC=CCCCCCCCC(=O)OCC(COP(=O)([O-])OCC(O)CO)OC(=O)CCCCCCCC=CCCCCCCCC.[Na]. The molecule has 0 aromatic heterocycles. The second-order valence-electron chi connectivity index (χ2n) is 14.3. The minimum atomic E-state index is -4.87. The summed E-state index contributed by atoms with van der Waals surface area (Å²) in [7, 11) is -4.87. The van der Waals surface area contributed by atoms with Gasteiger partial charge in [-0.15, -0.1) is 0 Å². The van der Waals surface area contributed by atoms with Crippen LogP contribution in [0.5, 0.6) is 0 Å². The van der Waals surface area contributed by atoms with Crippen LogP contribution in [0.3, 0.4) is 0 Å². The molecule has 0 aliphatic heterocycles. The molecule has 54 heavy (non-hydrogen) atoms. The third-order valence-electron chi connectivity index (χ3n) is 9.07. The van der Waals surface area contributed by atoms with Crippen LogP contribution in [0.15, 0.2) is 24.3 Å². The molecule has 0 rings (SSSR count). The molecule has 0 saturated carbocycles. The van der Waals surface area contributed by atoms with Gasteiger partial charge >= 0.3 is 11.9 Å². The van der Waals surface area contributed by atoms with Crippen LogP contribution in [0.25, 0.3) is 0 Å². The van der Waals surface area contributed by atoms with E-state index in [1.165, 1.54) is 77.0 Å². The Kier molecular flexibility index (Phi) is 43.3. The van der Waals surface area contributed by atoms with Crippen LogP contribution in [-0.4, -0.2) is 90.3 Å². The summed E-state index contributed by atoms with van der Waals surface area (Å²) in [5, 5.41) is 18.3. The quantitative estimate of drug-likeness (QED) is 0.0202. The van der Waals surface area contributed by atoms with Crippen LogP contribution in [0.1, 0.15) is 194 Å². The van der Waals surface area contributed by atoms with E-state index >= 15 is 0 Å². The summed E-state index contributed by atoms with van der Waals surface area (Å²) in [6.45, 7) is 2.17. The van der Waals surface area contributed by atoms with E-state index in [0.717, 1.165) is 77.0 Å². The Bertz CT molecular complexity index is 948. The van der Waals surface area contributed by atoms with Crippen molar-refractivity contribution in [3.8, 4) is 0 Å². The van der Waals surface area contributed by atoms with Gasteiger partial charge in [-0.1, -0.05) is 141 Å². The smallest absolute Gasteiger partial charge is 0.306 e. The van der Waals surface area contributed by atoms with Crippen molar-refractivity contribution in [1.29, 1.82) is 0 Å². The summed E-state index contributed by atoms with van der Waals surface area (Å²) in [4.78, 5) is 37.1. The van der Waals surface area contributed by atoms with E-state index in [0.29, 0.717) is 12.8 Å². The molecule has 0 aromatic rings. The van der Waals surface area contributed by atoms with Crippen molar-refractivity contribution in [3.63, 3.8) is 0 Å². The molecular formula is C42H78NaO10P-. The molecule has 0 saturated heterocycles. The van der Waals surface area contributed by atoms with Gasteiger partial charge < -0.3 is 33.6 Å². The molecule has 3 atom stereocenters. The molecule has 0 aromatic carbocycles. The Morgan fingerprint density at radius 3 is 1.37 bits per heavy atom. The predicted molar refractivity (Wildman–Crippen MR) is 218 cm³/mol. The number of hydrogen-bond acceptors (Lipinski definition) is 10. The van der Waals surface area contributed by atoms with Crippen molar-refractivity contribution in [2.45, 2.75) is 206 Å². The fourth-order valence-corrected chi connectivity index (χ4v) is 6.52. The fourth-order valence-electron chi connectivity index (χ4n) is 5.74. The van der Waals surface area contributed by atoms with Gasteiger partial charge in [0, 0.05) is 42.4 Å². The summed E-state index contributed by atoms with van der Waals surface area (Å²) >= 11 is 0. The zero-order valence-electron chi connectivity index (χ0n) is 34.7. The molecule has 0 spiro atoms. The average Bonchev–Trinajstić information content (AvgIpc) is 3.14. The van der Waals surface area contributed by atoms with Crippen molar-refractivity contribution in [1.82, 2.24) is 0 Å². The number of carbonyl (C=O) groups is 2. The summed E-state index contributed by atoms with van der Waals surface area (Å²) in [6, 6.07) is 0. The normalized spacial score (nSPS) is 13.9. The molecule has 0 bridgehead atoms. The first-order chi connectivity index (χ1) is 25.7. The van der Waals surface area contributed by atoms with Crippen LogP contribution >= 0.6 is 7.82 Å². The number of carbonyl (C=O) groups excluding carboxylic acids is 2. The second-order valence-corrected chi connectivity index (χ2v) is 15.7. The molecule has 313 valence electrons. The standard InChI is InChI=1S/C42H79O10P.Na/c1-3-5-7-9-11-13-15-17-19-21-23-25-27-29-31-33-41(45)49-37-40(38-51-53(47,48)50-36-39(44)35-43)52-42(46)34-32-30-28-26-24-22-20-18-16-14-12-10-8-6-4-2;/h17-20,39-40,43-44H,3-16,21-38H2,1-2H3,(H,47,48);/p-1. The maximum absolute atomic E-state index is 12.6. The van der Waals surface area contributed by atoms with E-state index in [1.54, 1.807) is 0 Å². The largest absolute Gasteiger partial charge is 0.756 e. The first kappa shape index (κ1) is 55.5. The van der Waals surface area contributed by atoms with Crippen LogP contribution in [0, 0.1) is 0 Å². The van der Waals surface area contributed by atoms with Gasteiger partial charge in [-0.2, -0.15) is 0 Å². The second kappa shape index (κ2) is 42.1. The fraction of sp³-hybridized carbons (Fsp3) is 0.857. The van der Waals surface area contributed by atoms with E-state index in [4.69, 9.17) is 19.1 Å². The van der Waals surface area contributed by atoms with Crippen molar-refractivity contribution < 1.29 is 47.8 Å². The topological polar surface area (TPSA) is 152 Å². The molecule has 0 heterocycles. The van der Waals surface area contributed by atoms with Gasteiger partial charge in [-0.05, 0) is 64.2 Å².